The van der Waals surface area contributed by atoms with E-state index in [-0.39, 0.29) is 29.3 Å². The fourth-order valence-corrected chi connectivity index (χ4v) is 3.05. The van der Waals surface area contributed by atoms with E-state index in [1.807, 2.05) is 0 Å². The number of nitrogens with zero attached hydrogens (tertiary/aromatic N) is 4. The Labute approximate surface area is 183 Å². The number of hydrogen-bond acceptors (Lipinski definition) is 9. The van der Waals surface area contributed by atoms with Gasteiger partial charge >= 0.3 is 6.16 Å². The topological polar surface area (TPSA) is 110 Å². The number of benzene rings is 1. The number of halogens is 2. The van der Waals surface area contributed by atoms with Crippen LogP contribution in [0.3, 0.4) is 0 Å². The number of anilines is 2. The second kappa shape index (κ2) is 10.2. The number of piperidine rings is 1. The van der Waals surface area contributed by atoms with Crippen molar-refractivity contribution in [3.63, 3.8) is 0 Å². The Morgan fingerprint density at radius 2 is 1.97 bits per heavy atom. The molecule has 1 saturated heterocycles. The van der Waals surface area contributed by atoms with Crippen LogP contribution >= 0.6 is 0 Å². The largest absolute Gasteiger partial charge is 0.528 e. The summed E-state index contributed by atoms with van der Waals surface area (Å²) in [5.41, 5.74) is -0.0341. The Hall–Kier alpha value is -3.52. The number of hydroxylamine groups is 2. The Kier molecular flexibility index (Phi) is 7.37. The van der Waals surface area contributed by atoms with Crippen LogP contribution in [0.25, 0.3) is 0 Å². The molecule has 1 N–H and O–H groups in total. The zero-order chi connectivity index (χ0) is 23.3. The third kappa shape index (κ3) is 5.79. The van der Waals surface area contributed by atoms with Crippen LogP contribution in [-0.2, 0) is 9.57 Å². The third-order valence-electron chi connectivity index (χ3n) is 4.68. The Morgan fingerprint density at radius 3 is 2.62 bits per heavy atom. The molecule has 2 aromatic rings. The molecule has 3 rings (SSSR count). The molecular formula is C21H23F2N5O4. The first-order chi connectivity index (χ1) is 15.3. The monoisotopic (exact) mass is 447 g/mol. The van der Waals surface area contributed by atoms with Gasteiger partial charge in [0.25, 0.3) is 0 Å². The number of rotatable bonds is 6. The lowest BCUT2D eigenvalue weighted by Crippen LogP contribution is -2.40. The van der Waals surface area contributed by atoms with Gasteiger partial charge in [-0.15, -0.1) is 5.06 Å². The molecule has 0 saturated carbocycles. The van der Waals surface area contributed by atoms with Gasteiger partial charge in [-0.1, -0.05) is 0 Å². The highest BCUT2D eigenvalue weighted by atomic mass is 19.1. The van der Waals surface area contributed by atoms with Crippen LogP contribution < -0.4 is 10.1 Å². The van der Waals surface area contributed by atoms with Crippen molar-refractivity contribution in [1.82, 2.24) is 15.0 Å². The van der Waals surface area contributed by atoms with E-state index in [4.69, 9.17) is 19.6 Å². The first-order valence-corrected chi connectivity index (χ1v) is 10.0. The summed E-state index contributed by atoms with van der Waals surface area (Å²) in [7, 11) is 0. The van der Waals surface area contributed by atoms with Crippen molar-refractivity contribution in [3.05, 3.63) is 41.2 Å². The van der Waals surface area contributed by atoms with Crippen LogP contribution in [0.4, 0.5) is 25.1 Å². The van der Waals surface area contributed by atoms with Crippen LogP contribution in [-0.4, -0.2) is 46.5 Å². The summed E-state index contributed by atoms with van der Waals surface area (Å²) >= 11 is 0. The van der Waals surface area contributed by atoms with Crippen LogP contribution in [0.2, 0.25) is 0 Å². The minimum Gasteiger partial charge on any atom is -0.474 e. The number of aromatic nitrogens is 2. The molecule has 170 valence electrons. The minimum absolute atomic E-state index is 0.159. The molecule has 32 heavy (non-hydrogen) atoms. The van der Waals surface area contributed by atoms with Crippen LogP contribution in [0.15, 0.2) is 18.5 Å². The Morgan fingerprint density at radius 1 is 1.25 bits per heavy atom. The molecule has 0 unspecified atom stereocenters. The summed E-state index contributed by atoms with van der Waals surface area (Å²) in [6.07, 6.45) is 1.23. The number of hydrogen-bond donors (Lipinski definition) is 1. The summed E-state index contributed by atoms with van der Waals surface area (Å²) in [5.74, 6) is -1.08. The molecule has 0 bridgehead atoms. The molecule has 1 aromatic carbocycles. The molecule has 1 aliphatic heterocycles. The van der Waals surface area contributed by atoms with Crippen molar-refractivity contribution < 1.29 is 27.9 Å². The number of nitriles is 1. The second-order valence-electron chi connectivity index (χ2n) is 7.46. The normalized spacial score (nSPS) is 14.7. The lowest BCUT2D eigenvalue weighted by Gasteiger charge is -2.30. The van der Waals surface area contributed by atoms with E-state index >= 15 is 0 Å². The van der Waals surface area contributed by atoms with Gasteiger partial charge in [0.1, 0.15) is 36.0 Å². The zero-order valence-electron chi connectivity index (χ0n) is 17.9. The SMILES string of the molecule is Cc1c(Nc2cc(F)c(C#N)cc2F)ncnc1OC1CCN(OC(=O)OC(C)C)CC1. The number of nitrogens with one attached hydrogen (secondary N) is 1. The summed E-state index contributed by atoms with van der Waals surface area (Å²) in [6.45, 7) is 6.09. The molecule has 11 heteroatoms. The van der Waals surface area contributed by atoms with Gasteiger partial charge in [0, 0.05) is 32.0 Å². The Balaban J connectivity index is 1.62. The summed E-state index contributed by atoms with van der Waals surface area (Å²) in [6, 6.07) is 3.30. The average Bonchev–Trinajstić information content (AvgIpc) is 2.74. The molecule has 9 nitrogen and oxygen atoms in total. The summed E-state index contributed by atoms with van der Waals surface area (Å²) in [5, 5.41) is 13.0. The summed E-state index contributed by atoms with van der Waals surface area (Å²) in [4.78, 5) is 25.0. The van der Waals surface area contributed by atoms with E-state index in [0.29, 0.717) is 37.4 Å². The maximum atomic E-state index is 14.2. The molecule has 0 atom stereocenters. The number of carbonyl (C=O) groups excluding carboxylic acids is 1. The van der Waals surface area contributed by atoms with E-state index in [2.05, 4.69) is 15.3 Å². The van der Waals surface area contributed by atoms with Crippen LogP contribution in [0.1, 0.15) is 37.8 Å². The lowest BCUT2D eigenvalue weighted by atomic mass is 10.1. The first kappa shape index (κ1) is 23.1. The lowest BCUT2D eigenvalue weighted by molar-refractivity contribution is -0.151. The van der Waals surface area contributed by atoms with Crippen LogP contribution in [0.5, 0.6) is 5.88 Å². The summed E-state index contributed by atoms with van der Waals surface area (Å²) < 4.78 is 39.0. The van der Waals surface area contributed by atoms with Gasteiger partial charge in [0.05, 0.1) is 22.9 Å². The van der Waals surface area contributed by atoms with Gasteiger partial charge in [-0.2, -0.15) is 5.26 Å². The molecule has 1 aromatic heterocycles. The Bertz CT molecular complexity index is 1020. The average molecular weight is 447 g/mol. The maximum absolute atomic E-state index is 14.2. The van der Waals surface area contributed by atoms with Crippen molar-refractivity contribution >= 4 is 17.7 Å². The van der Waals surface area contributed by atoms with Gasteiger partial charge in [0.2, 0.25) is 5.88 Å². The van der Waals surface area contributed by atoms with E-state index in [9.17, 15) is 13.6 Å². The predicted molar refractivity (Wildman–Crippen MR) is 109 cm³/mol. The van der Waals surface area contributed by atoms with Gasteiger partial charge in [-0.05, 0) is 26.8 Å². The zero-order valence-corrected chi connectivity index (χ0v) is 17.9. The highest BCUT2D eigenvalue weighted by Crippen LogP contribution is 2.28. The van der Waals surface area contributed by atoms with E-state index in [1.54, 1.807) is 26.8 Å². The third-order valence-corrected chi connectivity index (χ3v) is 4.68. The van der Waals surface area contributed by atoms with Crippen molar-refractivity contribution in [2.45, 2.75) is 45.8 Å². The van der Waals surface area contributed by atoms with Crippen molar-refractivity contribution in [2.24, 2.45) is 0 Å². The van der Waals surface area contributed by atoms with E-state index in [0.717, 1.165) is 12.1 Å². The standard InChI is InChI=1S/C21H23F2N5O4/c1-12(2)30-21(29)32-28-6-4-15(5-7-28)31-20-13(3)19(25-11-26-20)27-18-9-16(22)14(10-24)8-17(18)23/h8-9,11-12,15H,4-7H2,1-3H3,(H,25,26,27). The molecule has 1 fully saturated rings. The number of ether oxygens (including phenoxy) is 2. The molecular weight excluding hydrogens is 424 g/mol. The van der Waals surface area contributed by atoms with Gasteiger partial charge in [0.15, 0.2) is 0 Å². The van der Waals surface area contributed by atoms with Gasteiger partial charge in [-0.25, -0.2) is 23.5 Å². The first-order valence-electron chi connectivity index (χ1n) is 10.0. The maximum Gasteiger partial charge on any atom is 0.528 e. The molecule has 1 aliphatic rings. The second-order valence-corrected chi connectivity index (χ2v) is 7.46. The molecule has 0 spiro atoms. The van der Waals surface area contributed by atoms with E-state index in [1.165, 1.54) is 11.4 Å². The van der Waals surface area contributed by atoms with Crippen molar-refractivity contribution in [3.8, 4) is 11.9 Å². The smallest absolute Gasteiger partial charge is 0.474 e. The molecule has 0 amide bonds. The fraction of sp³-hybridized carbons (Fsp3) is 0.429. The quantitative estimate of drug-likeness (QED) is 0.657. The minimum atomic E-state index is -0.842. The van der Waals surface area contributed by atoms with Crippen molar-refractivity contribution in [1.29, 1.82) is 5.26 Å². The van der Waals surface area contributed by atoms with Crippen LogP contribution in [0, 0.1) is 29.9 Å². The van der Waals surface area contributed by atoms with Gasteiger partial charge in [-0.3, -0.25) is 0 Å². The van der Waals surface area contributed by atoms with Crippen molar-refractivity contribution in [2.75, 3.05) is 18.4 Å². The fourth-order valence-electron chi connectivity index (χ4n) is 3.05. The van der Waals surface area contributed by atoms with Gasteiger partial charge < -0.3 is 19.6 Å². The molecule has 2 heterocycles. The highest BCUT2D eigenvalue weighted by Gasteiger charge is 2.25. The number of carbonyl (C=O) groups is 1. The molecule has 0 radical (unpaired) electrons. The highest BCUT2D eigenvalue weighted by molar-refractivity contribution is 5.62. The van der Waals surface area contributed by atoms with E-state index < -0.39 is 17.8 Å². The molecule has 0 aliphatic carbocycles. The predicted octanol–water partition coefficient (Wildman–Crippen LogP) is 4.00.